The molecule has 1 fully saturated rings. The average Bonchev–Trinajstić information content (AvgIpc) is 2.67. The van der Waals surface area contributed by atoms with Gasteiger partial charge in [-0.1, -0.05) is 0 Å². The maximum atomic E-state index is 12.9. The molecule has 0 atom stereocenters. The lowest BCUT2D eigenvalue weighted by Crippen LogP contribution is -2.39. The zero-order valence-electron chi connectivity index (χ0n) is 15.2. The number of piperidine rings is 1. The lowest BCUT2D eigenvalue weighted by molar-refractivity contribution is -0.137. The molecule has 1 aromatic carbocycles. The van der Waals surface area contributed by atoms with E-state index in [0.29, 0.717) is 30.4 Å². The molecule has 0 spiro atoms. The molecule has 8 heteroatoms. The topological polar surface area (TPSA) is 46.6 Å². The number of aromatic nitrogens is 1. The van der Waals surface area contributed by atoms with Crippen LogP contribution in [0, 0.1) is 0 Å². The lowest BCUT2D eigenvalue weighted by atomic mass is 10.0. The number of ether oxygens (including phenoxy) is 2. The fourth-order valence-electron chi connectivity index (χ4n) is 3.15. The van der Waals surface area contributed by atoms with E-state index in [1.807, 2.05) is 17.0 Å². The van der Waals surface area contributed by atoms with Crippen LogP contribution in [0.2, 0.25) is 0 Å². The number of halogens is 3. The molecule has 0 bridgehead atoms. The van der Waals surface area contributed by atoms with Crippen LogP contribution in [0.4, 0.5) is 24.7 Å². The summed E-state index contributed by atoms with van der Waals surface area (Å²) < 4.78 is 49.2. The molecule has 3 rings (SSSR count). The van der Waals surface area contributed by atoms with Crippen molar-refractivity contribution < 1.29 is 22.6 Å². The van der Waals surface area contributed by atoms with Crippen LogP contribution in [-0.2, 0) is 6.18 Å². The minimum Gasteiger partial charge on any atom is -0.497 e. The molecule has 0 amide bonds. The third kappa shape index (κ3) is 4.75. The van der Waals surface area contributed by atoms with Gasteiger partial charge in [-0.3, -0.25) is 0 Å². The van der Waals surface area contributed by atoms with Gasteiger partial charge in [0.1, 0.15) is 17.3 Å². The predicted molar refractivity (Wildman–Crippen MR) is 97.6 cm³/mol. The molecule has 1 aromatic heterocycles. The predicted octanol–water partition coefficient (Wildman–Crippen LogP) is 4.20. The second kappa shape index (κ2) is 7.94. The average molecular weight is 381 g/mol. The van der Waals surface area contributed by atoms with Crippen molar-refractivity contribution in [1.29, 1.82) is 0 Å². The van der Waals surface area contributed by atoms with Gasteiger partial charge in [0, 0.05) is 49.2 Å². The van der Waals surface area contributed by atoms with Gasteiger partial charge >= 0.3 is 6.18 Å². The lowest BCUT2D eigenvalue weighted by Gasteiger charge is -2.34. The molecule has 1 N–H and O–H groups in total. The normalized spacial score (nSPS) is 15.5. The van der Waals surface area contributed by atoms with E-state index in [0.717, 1.165) is 30.7 Å². The van der Waals surface area contributed by atoms with Crippen molar-refractivity contribution in [2.45, 2.75) is 25.1 Å². The van der Waals surface area contributed by atoms with Crippen LogP contribution in [0.5, 0.6) is 11.5 Å². The highest BCUT2D eigenvalue weighted by molar-refractivity contribution is 5.54. The van der Waals surface area contributed by atoms with Crippen molar-refractivity contribution in [1.82, 2.24) is 4.98 Å². The molecule has 2 aromatic rings. The van der Waals surface area contributed by atoms with Gasteiger partial charge in [-0.15, -0.1) is 0 Å². The molecule has 5 nitrogen and oxygen atoms in total. The number of pyridine rings is 1. The zero-order chi connectivity index (χ0) is 19.4. The first-order chi connectivity index (χ1) is 12.9. The van der Waals surface area contributed by atoms with Crippen LogP contribution in [0.1, 0.15) is 18.4 Å². The van der Waals surface area contributed by atoms with E-state index in [1.54, 1.807) is 20.3 Å². The maximum absolute atomic E-state index is 12.9. The van der Waals surface area contributed by atoms with E-state index in [-0.39, 0.29) is 6.04 Å². The first kappa shape index (κ1) is 19.1. The molecule has 146 valence electrons. The van der Waals surface area contributed by atoms with Crippen LogP contribution in [-0.4, -0.2) is 38.3 Å². The smallest absolute Gasteiger partial charge is 0.416 e. The summed E-state index contributed by atoms with van der Waals surface area (Å²) in [6.07, 6.45) is -1.57. The highest BCUT2D eigenvalue weighted by Gasteiger charge is 2.31. The molecule has 0 saturated carbocycles. The van der Waals surface area contributed by atoms with Crippen molar-refractivity contribution in [3.05, 3.63) is 42.1 Å². The van der Waals surface area contributed by atoms with Crippen LogP contribution in [0.25, 0.3) is 0 Å². The minimum absolute atomic E-state index is 0.212. The van der Waals surface area contributed by atoms with Gasteiger partial charge in [0.2, 0.25) is 0 Å². The fourth-order valence-corrected chi connectivity index (χ4v) is 3.15. The summed E-state index contributed by atoms with van der Waals surface area (Å²) in [6, 6.07) is 7.90. The second-order valence-electron chi connectivity index (χ2n) is 6.41. The van der Waals surface area contributed by atoms with Crippen molar-refractivity contribution in [3.63, 3.8) is 0 Å². The Morgan fingerprint density at radius 3 is 2.22 bits per heavy atom. The first-order valence-corrected chi connectivity index (χ1v) is 8.67. The number of alkyl halides is 3. The van der Waals surface area contributed by atoms with Gasteiger partial charge in [-0.05, 0) is 25.0 Å². The van der Waals surface area contributed by atoms with E-state index >= 15 is 0 Å². The third-order valence-corrected chi connectivity index (χ3v) is 4.61. The number of nitrogens with one attached hydrogen (secondary N) is 1. The Hall–Kier alpha value is -2.64. The molecular weight excluding hydrogens is 359 g/mol. The van der Waals surface area contributed by atoms with Crippen LogP contribution in [0.15, 0.2) is 36.5 Å². The Labute approximate surface area is 156 Å². The summed E-state index contributed by atoms with van der Waals surface area (Å²) in [6.45, 7) is 1.26. The second-order valence-corrected chi connectivity index (χ2v) is 6.41. The number of hydrogen-bond donors (Lipinski definition) is 1. The monoisotopic (exact) mass is 381 g/mol. The molecular formula is C19H22F3N3O2. The molecule has 0 aliphatic carbocycles. The molecule has 0 radical (unpaired) electrons. The fraction of sp³-hybridized carbons (Fsp3) is 0.421. The van der Waals surface area contributed by atoms with Gasteiger partial charge in [0.25, 0.3) is 0 Å². The highest BCUT2D eigenvalue weighted by atomic mass is 19.4. The van der Waals surface area contributed by atoms with Crippen molar-refractivity contribution >= 4 is 11.5 Å². The number of rotatable bonds is 5. The summed E-state index contributed by atoms with van der Waals surface area (Å²) in [5.74, 6) is 1.76. The number of hydrogen-bond acceptors (Lipinski definition) is 5. The number of anilines is 2. The largest absolute Gasteiger partial charge is 0.497 e. The molecule has 1 aliphatic heterocycles. The highest BCUT2D eigenvalue weighted by Crippen LogP contribution is 2.32. The van der Waals surface area contributed by atoms with E-state index in [1.165, 1.54) is 6.20 Å². The Bertz CT molecular complexity index is 753. The molecule has 1 saturated heterocycles. The standard InChI is InChI=1S/C19H22F3N3O2/c1-26-16-10-15(11-17(12-16)27-2)24-14-4-7-25(8-5-14)18-9-13(3-6-23-18)19(20,21)22/h3,6,9-12,14,24H,4-5,7-8H2,1-2H3. The van der Waals surface area contributed by atoms with Crippen molar-refractivity contribution in [2.24, 2.45) is 0 Å². The Balaban J connectivity index is 1.63. The van der Waals surface area contributed by atoms with Crippen molar-refractivity contribution in [2.75, 3.05) is 37.5 Å². The van der Waals surface area contributed by atoms with E-state index in [9.17, 15) is 13.2 Å². The zero-order valence-corrected chi connectivity index (χ0v) is 15.2. The Morgan fingerprint density at radius 2 is 1.67 bits per heavy atom. The Kier molecular flexibility index (Phi) is 5.62. The summed E-state index contributed by atoms with van der Waals surface area (Å²) in [4.78, 5) is 5.99. The minimum atomic E-state index is -4.36. The van der Waals surface area contributed by atoms with E-state index in [4.69, 9.17) is 9.47 Å². The van der Waals surface area contributed by atoms with Gasteiger partial charge in [-0.2, -0.15) is 13.2 Å². The van der Waals surface area contributed by atoms with Gasteiger partial charge in [0.05, 0.1) is 19.8 Å². The SMILES string of the molecule is COc1cc(NC2CCN(c3cc(C(F)(F)F)ccn3)CC2)cc(OC)c1. The van der Waals surface area contributed by atoms with Gasteiger partial charge in [-0.25, -0.2) is 4.98 Å². The number of nitrogens with zero attached hydrogens (tertiary/aromatic N) is 2. The maximum Gasteiger partial charge on any atom is 0.416 e. The summed E-state index contributed by atoms with van der Waals surface area (Å²) >= 11 is 0. The molecule has 2 heterocycles. The van der Waals surface area contributed by atoms with E-state index in [2.05, 4.69) is 10.3 Å². The first-order valence-electron chi connectivity index (χ1n) is 8.67. The molecule has 0 unspecified atom stereocenters. The summed E-state index contributed by atoms with van der Waals surface area (Å²) in [5, 5.41) is 3.45. The van der Waals surface area contributed by atoms with Crippen molar-refractivity contribution in [3.8, 4) is 11.5 Å². The quantitative estimate of drug-likeness (QED) is 0.841. The van der Waals surface area contributed by atoms with Crippen LogP contribution >= 0.6 is 0 Å². The third-order valence-electron chi connectivity index (χ3n) is 4.61. The number of methoxy groups -OCH3 is 2. The van der Waals surface area contributed by atoms with Gasteiger partial charge < -0.3 is 19.7 Å². The Morgan fingerprint density at radius 1 is 1.04 bits per heavy atom. The number of benzene rings is 1. The van der Waals surface area contributed by atoms with Crippen LogP contribution < -0.4 is 19.7 Å². The van der Waals surface area contributed by atoms with Gasteiger partial charge in [0.15, 0.2) is 0 Å². The summed E-state index contributed by atoms with van der Waals surface area (Å²) in [5.41, 5.74) is 0.220. The summed E-state index contributed by atoms with van der Waals surface area (Å²) in [7, 11) is 3.19. The van der Waals surface area contributed by atoms with Crippen LogP contribution in [0.3, 0.4) is 0 Å². The van der Waals surface area contributed by atoms with E-state index < -0.39 is 11.7 Å². The molecule has 1 aliphatic rings. The molecule has 27 heavy (non-hydrogen) atoms.